The Kier molecular flexibility index (Phi) is 5.02. The molecular formula is C15H17N3O4. The van der Waals surface area contributed by atoms with E-state index in [1.54, 1.807) is 18.3 Å². The number of nitrogens with zero attached hydrogens (tertiary/aromatic N) is 1. The molecule has 1 heterocycles. The van der Waals surface area contributed by atoms with Gasteiger partial charge in [0.05, 0.1) is 33.2 Å². The van der Waals surface area contributed by atoms with Crippen LogP contribution in [0, 0.1) is 0 Å². The summed E-state index contributed by atoms with van der Waals surface area (Å²) in [6.45, 7) is 0. The second-order valence-electron chi connectivity index (χ2n) is 4.24. The van der Waals surface area contributed by atoms with Crippen LogP contribution in [0.3, 0.4) is 0 Å². The highest BCUT2D eigenvalue weighted by Crippen LogP contribution is 2.38. The number of nitrogens with one attached hydrogen (secondary N) is 2. The molecule has 7 heteroatoms. The van der Waals surface area contributed by atoms with Gasteiger partial charge >= 0.3 is 0 Å². The number of hydrogen-bond acceptors (Lipinski definition) is 5. The summed E-state index contributed by atoms with van der Waals surface area (Å²) in [6.07, 6.45) is 3.28. The molecule has 2 rings (SSSR count). The van der Waals surface area contributed by atoms with Crippen molar-refractivity contribution in [2.75, 3.05) is 21.3 Å². The maximum atomic E-state index is 12.1. The van der Waals surface area contributed by atoms with Crippen molar-refractivity contribution in [3.63, 3.8) is 0 Å². The SMILES string of the molecule is COc1cc(C(=O)N/N=C/c2ccc[nH]2)cc(OC)c1OC. The van der Waals surface area contributed by atoms with Crippen LogP contribution in [0.1, 0.15) is 16.1 Å². The molecule has 1 aromatic heterocycles. The number of rotatable bonds is 6. The summed E-state index contributed by atoms with van der Waals surface area (Å²) in [4.78, 5) is 15.1. The monoisotopic (exact) mass is 303 g/mol. The molecule has 0 unspecified atom stereocenters. The van der Waals surface area contributed by atoms with Crippen LogP contribution in [0.25, 0.3) is 0 Å². The van der Waals surface area contributed by atoms with E-state index in [-0.39, 0.29) is 5.91 Å². The van der Waals surface area contributed by atoms with Gasteiger partial charge in [-0.05, 0) is 24.3 Å². The third kappa shape index (κ3) is 3.38. The van der Waals surface area contributed by atoms with Gasteiger partial charge in [0.25, 0.3) is 5.91 Å². The van der Waals surface area contributed by atoms with Gasteiger partial charge in [-0.3, -0.25) is 4.79 Å². The topological polar surface area (TPSA) is 84.9 Å². The summed E-state index contributed by atoms with van der Waals surface area (Å²) in [5.41, 5.74) is 3.56. The van der Waals surface area contributed by atoms with E-state index in [2.05, 4.69) is 15.5 Å². The predicted octanol–water partition coefficient (Wildman–Crippen LogP) is 1.80. The molecule has 2 aromatic rings. The van der Waals surface area contributed by atoms with Crippen LogP contribution in [0.15, 0.2) is 35.6 Å². The largest absolute Gasteiger partial charge is 0.493 e. The zero-order chi connectivity index (χ0) is 15.9. The number of carbonyl (C=O) groups excluding carboxylic acids is 1. The molecule has 0 saturated carbocycles. The Labute approximate surface area is 127 Å². The molecule has 0 aliphatic rings. The second kappa shape index (κ2) is 7.16. The molecule has 0 saturated heterocycles. The Bertz CT molecular complexity index is 640. The first-order valence-electron chi connectivity index (χ1n) is 6.46. The molecule has 0 atom stereocenters. The fourth-order valence-electron chi connectivity index (χ4n) is 1.86. The first kappa shape index (κ1) is 15.4. The van der Waals surface area contributed by atoms with E-state index >= 15 is 0 Å². The average molecular weight is 303 g/mol. The number of H-pyrrole nitrogens is 1. The lowest BCUT2D eigenvalue weighted by molar-refractivity contribution is 0.0954. The summed E-state index contributed by atoms with van der Waals surface area (Å²) in [5.74, 6) is 0.846. The minimum absolute atomic E-state index is 0.345. The summed E-state index contributed by atoms with van der Waals surface area (Å²) in [5, 5.41) is 3.88. The summed E-state index contributed by atoms with van der Waals surface area (Å²) >= 11 is 0. The van der Waals surface area contributed by atoms with Crippen LogP contribution in [-0.4, -0.2) is 38.4 Å². The van der Waals surface area contributed by atoms with Gasteiger partial charge in [0.2, 0.25) is 5.75 Å². The molecule has 2 N–H and O–H groups in total. The molecule has 1 aromatic carbocycles. The Balaban J connectivity index is 2.18. The van der Waals surface area contributed by atoms with Crippen molar-refractivity contribution >= 4 is 12.1 Å². The molecule has 0 radical (unpaired) electrons. The van der Waals surface area contributed by atoms with Gasteiger partial charge in [-0.2, -0.15) is 5.10 Å². The van der Waals surface area contributed by atoms with Crippen molar-refractivity contribution < 1.29 is 19.0 Å². The normalized spacial score (nSPS) is 10.5. The van der Waals surface area contributed by atoms with E-state index in [0.29, 0.717) is 22.8 Å². The van der Waals surface area contributed by atoms with Crippen molar-refractivity contribution in [3.05, 3.63) is 41.7 Å². The molecule has 0 aliphatic carbocycles. The number of methoxy groups -OCH3 is 3. The third-order valence-electron chi connectivity index (χ3n) is 2.92. The first-order valence-corrected chi connectivity index (χ1v) is 6.46. The lowest BCUT2D eigenvalue weighted by Crippen LogP contribution is -2.18. The van der Waals surface area contributed by atoms with Crippen LogP contribution in [0.2, 0.25) is 0 Å². The fourth-order valence-corrected chi connectivity index (χ4v) is 1.86. The van der Waals surface area contributed by atoms with Crippen molar-refractivity contribution in [1.29, 1.82) is 0 Å². The molecule has 1 amide bonds. The van der Waals surface area contributed by atoms with Gasteiger partial charge in [-0.1, -0.05) is 0 Å². The van der Waals surface area contributed by atoms with E-state index in [4.69, 9.17) is 14.2 Å². The highest BCUT2D eigenvalue weighted by Gasteiger charge is 2.16. The van der Waals surface area contributed by atoms with Gasteiger partial charge in [0.1, 0.15) is 0 Å². The van der Waals surface area contributed by atoms with Gasteiger partial charge in [0, 0.05) is 11.8 Å². The minimum atomic E-state index is -0.387. The minimum Gasteiger partial charge on any atom is -0.493 e. The highest BCUT2D eigenvalue weighted by atomic mass is 16.5. The predicted molar refractivity (Wildman–Crippen MR) is 82.0 cm³/mol. The molecule has 7 nitrogen and oxygen atoms in total. The zero-order valence-electron chi connectivity index (χ0n) is 12.5. The first-order chi connectivity index (χ1) is 10.7. The van der Waals surface area contributed by atoms with E-state index in [9.17, 15) is 4.79 Å². The maximum absolute atomic E-state index is 12.1. The van der Waals surface area contributed by atoms with Crippen molar-refractivity contribution in [1.82, 2.24) is 10.4 Å². The molecule has 22 heavy (non-hydrogen) atoms. The standard InChI is InChI=1S/C15H17N3O4/c1-20-12-7-10(8-13(21-2)14(12)22-3)15(19)18-17-9-11-5-4-6-16-11/h4-9,16H,1-3H3,(H,18,19)/b17-9+. The average Bonchev–Trinajstić information content (AvgIpc) is 3.06. The van der Waals surface area contributed by atoms with E-state index in [0.717, 1.165) is 5.69 Å². The third-order valence-corrected chi connectivity index (χ3v) is 2.92. The highest BCUT2D eigenvalue weighted by molar-refractivity contribution is 5.96. The van der Waals surface area contributed by atoms with E-state index in [1.165, 1.54) is 27.5 Å². The van der Waals surface area contributed by atoms with Crippen LogP contribution >= 0.6 is 0 Å². The van der Waals surface area contributed by atoms with E-state index in [1.807, 2.05) is 12.1 Å². The molecule has 0 aliphatic heterocycles. The summed E-state index contributed by atoms with van der Waals surface area (Å²) in [7, 11) is 4.48. The summed E-state index contributed by atoms with van der Waals surface area (Å²) in [6, 6.07) is 6.78. The molecule has 0 bridgehead atoms. The van der Waals surface area contributed by atoms with Crippen LogP contribution in [0.5, 0.6) is 17.2 Å². The fraction of sp³-hybridized carbons (Fsp3) is 0.200. The lowest BCUT2D eigenvalue weighted by atomic mass is 10.1. The number of aromatic nitrogens is 1. The van der Waals surface area contributed by atoms with Gasteiger partial charge in [-0.15, -0.1) is 0 Å². The second-order valence-corrected chi connectivity index (χ2v) is 4.24. The van der Waals surface area contributed by atoms with Crippen molar-refractivity contribution in [2.45, 2.75) is 0 Å². The number of hydrogen-bond donors (Lipinski definition) is 2. The lowest BCUT2D eigenvalue weighted by Gasteiger charge is -2.13. The van der Waals surface area contributed by atoms with Crippen LogP contribution in [0.4, 0.5) is 0 Å². The van der Waals surface area contributed by atoms with Crippen LogP contribution < -0.4 is 19.6 Å². The summed E-state index contributed by atoms with van der Waals surface area (Å²) < 4.78 is 15.6. The smallest absolute Gasteiger partial charge is 0.271 e. The molecule has 0 spiro atoms. The Morgan fingerprint density at radius 1 is 1.18 bits per heavy atom. The number of aromatic amines is 1. The number of ether oxygens (including phenoxy) is 3. The number of hydrazone groups is 1. The Morgan fingerprint density at radius 3 is 2.36 bits per heavy atom. The maximum Gasteiger partial charge on any atom is 0.271 e. The number of benzene rings is 1. The van der Waals surface area contributed by atoms with Gasteiger partial charge in [0.15, 0.2) is 11.5 Å². The van der Waals surface area contributed by atoms with E-state index < -0.39 is 0 Å². The zero-order valence-corrected chi connectivity index (χ0v) is 12.5. The quantitative estimate of drug-likeness (QED) is 0.629. The van der Waals surface area contributed by atoms with Gasteiger partial charge < -0.3 is 19.2 Å². The molecule has 0 fully saturated rings. The molecular weight excluding hydrogens is 286 g/mol. The van der Waals surface area contributed by atoms with Gasteiger partial charge in [-0.25, -0.2) is 5.43 Å². The Hall–Kier alpha value is -2.96. The van der Waals surface area contributed by atoms with Crippen LogP contribution in [-0.2, 0) is 0 Å². The number of amides is 1. The Morgan fingerprint density at radius 2 is 1.86 bits per heavy atom. The molecule has 116 valence electrons. The van der Waals surface area contributed by atoms with Crippen molar-refractivity contribution in [3.8, 4) is 17.2 Å². The van der Waals surface area contributed by atoms with Crippen molar-refractivity contribution in [2.24, 2.45) is 5.10 Å². The number of carbonyl (C=O) groups is 1.